The molecule has 0 saturated heterocycles. The number of hydrogen-bond acceptors (Lipinski definition) is 9. The number of thioether (sulfide) groups is 1. The van der Waals surface area contributed by atoms with Gasteiger partial charge in [0, 0.05) is 18.3 Å². The van der Waals surface area contributed by atoms with Gasteiger partial charge in [-0.05, 0) is 25.4 Å². The molecular weight excluding hydrogens is 472 g/mol. The lowest BCUT2D eigenvalue weighted by Crippen LogP contribution is -2.60. The summed E-state index contributed by atoms with van der Waals surface area (Å²) in [4.78, 5) is 66.7. The summed E-state index contributed by atoms with van der Waals surface area (Å²) in [6, 6.07) is -5.50. The first kappa shape index (κ1) is 28.9. The number of carboxylic acid groups (broad SMARTS) is 2. The molecule has 190 valence electrons. The lowest BCUT2D eigenvalue weighted by Gasteiger charge is -2.26. The molecule has 0 bridgehead atoms. The second-order valence-corrected chi connectivity index (χ2v) is 8.44. The Morgan fingerprint density at radius 3 is 2.24 bits per heavy atom. The fourth-order valence-electron chi connectivity index (χ4n) is 2.80. The maximum atomic E-state index is 12.9. The normalized spacial score (nSPS) is 15.3. The highest BCUT2D eigenvalue weighted by Crippen LogP contribution is 2.05. The van der Waals surface area contributed by atoms with Crippen molar-refractivity contribution in [3.8, 4) is 0 Å². The van der Waals surface area contributed by atoms with Gasteiger partial charge in [-0.3, -0.25) is 19.2 Å². The summed E-state index contributed by atoms with van der Waals surface area (Å²) in [6.45, 7) is 1.21. The largest absolute Gasteiger partial charge is 0.481 e. The van der Waals surface area contributed by atoms with E-state index in [-0.39, 0.29) is 12.8 Å². The van der Waals surface area contributed by atoms with Crippen molar-refractivity contribution in [2.45, 2.75) is 56.5 Å². The number of aromatic amines is 1. The Kier molecular flexibility index (Phi) is 12.0. The number of aromatic nitrogens is 2. The predicted octanol–water partition coefficient (Wildman–Crippen LogP) is -2.57. The van der Waals surface area contributed by atoms with Crippen molar-refractivity contribution in [2.24, 2.45) is 5.73 Å². The summed E-state index contributed by atoms with van der Waals surface area (Å²) < 4.78 is 0. The Balaban J connectivity index is 3.01. The highest BCUT2D eigenvalue weighted by molar-refractivity contribution is 7.98. The molecule has 0 aromatic carbocycles. The number of hydrogen-bond donors (Lipinski definition) is 8. The summed E-state index contributed by atoms with van der Waals surface area (Å²) in [5, 5.41) is 35.1. The fourth-order valence-corrected chi connectivity index (χ4v) is 3.27. The maximum Gasteiger partial charge on any atom is 0.326 e. The summed E-state index contributed by atoms with van der Waals surface area (Å²) in [5.41, 5.74) is 5.95. The average molecular weight is 503 g/mol. The Bertz CT molecular complexity index is 850. The minimum absolute atomic E-state index is 0.0918. The molecule has 1 aromatic rings. The Morgan fingerprint density at radius 1 is 1.09 bits per heavy atom. The summed E-state index contributed by atoms with van der Waals surface area (Å²) in [5.74, 6) is -4.83. The minimum atomic E-state index is -1.56. The third-order valence-electron chi connectivity index (χ3n) is 4.63. The molecule has 0 aliphatic carbocycles. The van der Waals surface area contributed by atoms with Crippen LogP contribution in [0.15, 0.2) is 12.5 Å². The van der Waals surface area contributed by atoms with Gasteiger partial charge in [0.2, 0.25) is 17.7 Å². The van der Waals surface area contributed by atoms with E-state index in [1.807, 2.05) is 0 Å². The van der Waals surface area contributed by atoms with Crippen molar-refractivity contribution >= 4 is 41.4 Å². The van der Waals surface area contributed by atoms with E-state index in [1.165, 1.54) is 31.2 Å². The molecule has 1 heterocycles. The van der Waals surface area contributed by atoms with E-state index in [4.69, 9.17) is 10.8 Å². The van der Waals surface area contributed by atoms with Crippen LogP contribution < -0.4 is 21.7 Å². The standard InChI is InChI=1S/C19H30N6O8S/c1-9(26)15(25-16(29)11(20)6-14(27)28)18(31)24-13(5-10-7-21-8-22-10)17(30)23-12(19(32)33)3-4-34-2/h7-9,11-13,15,26H,3-6,20H2,1-2H3,(H,21,22)(H,23,30)(H,24,31)(H,25,29)(H,27,28)(H,32,33). The molecule has 0 spiro atoms. The molecule has 1 rings (SSSR count). The maximum absolute atomic E-state index is 12.9. The van der Waals surface area contributed by atoms with Crippen LogP contribution in [0.4, 0.5) is 0 Å². The highest BCUT2D eigenvalue weighted by atomic mass is 32.2. The molecule has 0 aliphatic heterocycles. The molecule has 14 nitrogen and oxygen atoms in total. The number of carbonyl (C=O) groups excluding carboxylic acids is 3. The first-order valence-corrected chi connectivity index (χ1v) is 11.6. The number of rotatable bonds is 15. The Labute approximate surface area is 199 Å². The van der Waals surface area contributed by atoms with E-state index >= 15 is 0 Å². The lowest BCUT2D eigenvalue weighted by molar-refractivity contribution is -0.142. The zero-order valence-electron chi connectivity index (χ0n) is 18.7. The summed E-state index contributed by atoms with van der Waals surface area (Å²) >= 11 is 1.40. The lowest BCUT2D eigenvalue weighted by atomic mass is 10.1. The van der Waals surface area contributed by atoms with E-state index in [1.54, 1.807) is 6.26 Å². The smallest absolute Gasteiger partial charge is 0.326 e. The number of aliphatic hydroxyl groups is 1. The third kappa shape index (κ3) is 9.76. The molecule has 3 amide bonds. The van der Waals surface area contributed by atoms with Gasteiger partial charge >= 0.3 is 11.9 Å². The van der Waals surface area contributed by atoms with Gasteiger partial charge in [-0.2, -0.15) is 11.8 Å². The van der Waals surface area contributed by atoms with E-state index in [0.717, 1.165) is 0 Å². The second kappa shape index (κ2) is 14.2. The van der Waals surface area contributed by atoms with Crippen LogP contribution in [0.5, 0.6) is 0 Å². The van der Waals surface area contributed by atoms with Crippen LogP contribution in [0.3, 0.4) is 0 Å². The summed E-state index contributed by atoms with van der Waals surface area (Å²) in [7, 11) is 0. The molecule has 0 radical (unpaired) electrons. The van der Waals surface area contributed by atoms with Gasteiger partial charge in [0.1, 0.15) is 18.1 Å². The number of aliphatic carboxylic acids is 2. The van der Waals surface area contributed by atoms with Gasteiger partial charge in [0.15, 0.2) is 0 Å². The number of carbonyl (C=O) groups is 5. The predicted molar refractivity (Wildman–Crippen MR) is 121 cm³/mol. The zero-order valence-corrected chi connectivity index (χ0v) is 19.5. The number of nitrogens with zero attached hydrogens (tertiary/aromatic N) is 1. The first-order valence-electron chi connectivity index (χ1n) is 10.2. The molecule has 0 saturated carbocycles. The molecule has 9 N–H and O–H groups in total. The molecule has 5 unspecified atom stereocenters. The zero-order chi connectivity index (χ0) is 25.8. The van der Waals surface area contributed by atoms with E-state index in [0.29, 0.717) is 11.4 Å². The van der Waals surface area contributed by atoms with Gasteiger partial charge < -0.3 is 42.0 Å². The third-order valence-corrected chi connectivity index (χ3v) is 5.27. The van der Waals surface area contributed by atoms with Gasteiger partial charge in [-0.1, -0.05) is 0 Å². The molecule has 5 atom stereocenters. The van der Waals surface area contributed by atoms with Gasteiger partial charge in [0.25, 0.3) is 0 Å². The second-order valence-electron chi connectivity index (χ2n) is 7.45. The number of nitrogens with one attached hydrogen (secondary N) is 4. The Hall–Kier alpha value is -3.17. The topological polar surface area (TPSA) is 237 Å². The number of nitrogens with two attached hydrogens (primary N) is 1. The highest BCUT2D eigenvalue weighted by Gasteiger charge is 2.33. The van der Waals surface area contributed by atoms with E-state index in [2.05, 4.69) is 25.9 Å². The van der Waals surface area contributed by atoms with Crippen LogP contribution in [-0.2, 0) is 30.4 Å². The number of aliphatic hydroxyl groups excluding tert-OH is 1. The molecule has 0 fully saturated rings. The molecule has 1 aromatic heterocycles. The van der Waals surface area contributed by atoms with Crippen molar-refractivity contribution < 1.29 is 39.3 Å². The van der Waals surface area contributed by atoms with Crippen LogP contribution >= 0.6 is 11.8 Å². The average Bonchev–Trinajstić information content (AvgIpc) is 3.26. The number of imidazole rings is 1. The van der Waals surface area contributed by atoms with Crippen LogP contribution in [0.2, 0.25) is 0 Å². The number of H-pyrrole nitrogens is 1. The SMILES string of the molecule is CSCCC(NC(=O)C(Cc1cnc[nH]1)NC(=O)C(NC(=O)C(N)CC(=O)O)C(C)O)C(=O)O. The van der Waals surface area contributed by atoms with Gasteiger partial charge in [-0.25, -0.2) is 9.78 Å². The quantitative estimate of drug-likeness (QED) is 0.124. The van der Waals surface area contributed by atoms with Crippen molar-refractivity contribution in [3.63, 3.8) is 0 Å². The number of carboxylic acids is 2. The van der Waals surface area contributed by atoms with Crippen LogP contribution in [-0.4, -0.2) is 97.2 Å². The van der Waals surface area contributed by atoms with E-state index < -0.39 is 66.4 Å². The van der Waals surface area contributed by atoms with Gasteiger partial charge in [-0.15, -0.1) is 0 Å². The first-order chi connectivity index (χ1) is 16.0. The van der Waals surface area contributed by atoms with Gasteiger partial charge in [0.05, 0.1) is 24.9 Å². The minimum Gasteiger partial charge on any atom is -0.481 e. The molecule has 15 heteroatoms. The van der Waals surface area contributed by atoms with Crippen molar-refractivity contribution in [3.05, 3.63) is 18.2 Å². The monoisotopic (exact) mass is 502 g/mol. The van der Waals surface area contributed by atoms with Crippen molar-refractivity contribution in [2.75, 3.05) is 12.0 Å². The molecule has 0 aliphatic rings. The number of amides is 3. The van der Waals surface area contributed by atoms with Crippen molar-refractivity contribution in [1.82, 2.24) is 25.9 Å². The van der Waals surface area contributed by atoms with E-state index in [9.17, 15) is 34.2 Å². The Morgan fingerprint density at radius 2 is 1.74 bits per heavy atom. The molecule has 34 heavy (non-hydrogen) atoms. The van der Waals surface area contributed by atoms with Crippen LogP contribution in [0.25, 0.3) is 0 Å². The van der Waals surface area contributed by atoms with Crippen molar-refractivity contribution in [1.29, 1.82) is 0 Å². The van der Waals surface area contributed by atoms with Crippen LogP contribution in [0.1, 0.15) is 25.5 Å². The molecular formula is C19H30N6O8S. The summed E-state index contributed by atoms with van der Waals surface area (Å²) in [6.07, 6.45) is 2.49. The van der Waals surface area contributed by atoms with Crippen LogP contribution in [0, 0.1) is 0 Å². The fraction of sp³-hybridized carbons (Fsp3) is 0.579.